The van der Waals surface area contributed by atoms with Gasteiger partial charge in [0.25, 0.3) is 0 Å². The van der Waals surface area contributed by atoms with Crippen molar-refractivity contribution in [3.63, 3.8) is 0 Å². The van der Waals surface area contributed by atoms with Crippen molar-refractivity contribution in [1.82, 2.24) is 19.4 Å². The van der Waals surface area contributed by atoms with Crippen LogP contribution in [0.4, 0.5) is 0 Å². The number of methoxy groups -OCH3 is 1. The molecule has 39 heavy (non-hydrogen) atoms. The van der Waals surface area contributed by atoms with Crippen LogP contribution in [0, 0.1) is 13.8 Å². The Labute approximate surface area is 230 Å². The molecule has 1 amide bonds. The summed E-state index contributed by atoms with van der Waals surface area (Å²) in [7, 11) is 1.50. The molecule has 9 heteroatoms. The molecular formula is C30H40N4O5. The summed E-state index contributed by atoms with van der Waals surface area (Å²) in [6.07, 6.45) is 4.67. The number of nitrogens with zero attached hydrogens (tertiary/aromatic N) is 4. The zero-order valence-electron chi connectivity index (χ0n) is 23.2. The Balaban J connectivity index is 1.38. The second-order valence-electron chi connectivity index (χ2n) is 10.3. The van der Waals surface area contributed by atoms with Gasteiger partial charge < -0.3 is 28.8 Å². The van der Waals surface area contributed by atoms with Gasteiger partial charge in [0.05, 0.1) is 13.2 Å². The summed E-state index contributed by atoms with van der Waals surface area (Å²) in [5.74, 6) is 2.36. The molecule has 1 aliphatic heterocycles. The molecule has 1 aromatic heterocycles. The Morgan fingerprint density at radius 3 is 2.62 bits per heavy atom. The van der Waals surface area contributed by atoms with E-state index in [9.17, 15) is 9.90 Å². The van der Waals surface area contributed by atoms with Crippen LogP contribution in [-0.2, 0) is 22.6 Å². The van der Waals surface area contributed by atoms with Crippen molar-refractivity contribution in [2.24, 2.45) is 0 Å². The van der Waals surface area contributed by atoms with E-state index in [0.29, 0.717) is 38.5 Å². The average Bonchev–Trinajstić information content (AvgIpc) is 3.25. The van der Waals surface area contributed by atoms with E-state index in [2.05, 4.69) is 20.5 Å². The van der Waals surface area contributed by atoms with Crippen molar-refractivity contribution < 1.29 is 24.1 Å². The van der Waals surface area contributed by atoms with Crippen LogP contribution in [0.2, 0.25) is 0 Å². The molecule has 9 nitrogen and oxygen atoms in total. The first-order valence-electron chi connectivity index (χ1n) is 13.4. The maximum atomic E-state index is 12.7. The van der Waals surface area contributed by atoms with E-state index >= 15 is 0 Å². The van der Waals surface area contributed by atoms with Crippen molar-refractivity contribution in [2.75, 3.05) is 53.1 Å². The molecule has 0 bridgehead atoms. The van der Waals surface area contributed by atoms with Gasteiger partial charge in [-0.25, -0.2) is 4.98 Å². The van der Waals surface area contributed by atoms with E-state index in [4.69, 9.17) is 14.2 Å². The van der Waals surface area contributed by atoms with Gasteiger partial charge in [0.15, 0.2) is 0 Å². The molecule has 0 aliphatic carbocycles. The number of benzene rings is 2. The van der Waals surface area contributed by atoms with E-state index in [1.54, 1.807) is 4.90 Å². The smallest absolute Gasteiger partial charge is 0.248 e. The molecule has 1 N–H and O–H groups in total. The number of rotatable bonds is 12. The molecule has 0 saturated carbocycles. The van der Waals surface area contributed by atoms with Gasteiger partial charge >= 0.3 is 0 Å². The molecule has 1 atom stereocenters. The van der Waals surface area contributed by atoms with Crippen LogP contribution in [-0.4, -0.2) is 89.1 Å². The summed E-state index contributed by atoms with van der Waals surface area (Å²) in [5.41, 5.74) is 0.971. The zero-order chi connectivity index (χ0) is 27.7. The third kappa shape index (κ3) is 8.54. The summed E-state index contributed by atoms with van der Waals surface area (Å²) in [6, 6.07) is 15.8. The Kier molecular flexibility index (Phi) is 9.97. The summed E-state index contributed by atoms with van der Waals surface area (Å²) in [6.45, 7) is 7.82. The first-order valence-corrected chi connectivity index (χ1v) is 13.4. The van der Waals surface area contributed by atoms with Crippen molar-refractivity contribution in [2.45, 2.75) is 39.0 Å². The molecule has 1 saturated heterocycles. The summed E-state index contributed by atoms with van der Waals surface area (Å²) >= 11 is 0. The minimum absolute atomic E-state index is 0.0191. The van der Waals surface area contributed by atoms with Gasteiger partial charge in [-0.15, -0.1) is 0 Å². The molecule has 2 aromatic carbocycles. The number of amides is 1. The molecule has 1 fully saturated rings. The predicted octanol–water partition coefficient (Wildman–Crippen LogP) is 3.07. The highest BCUT2D eigenvalue weighted by Crippen LogP contribution is 2.22. The number of hydrogen-bond donors (Lipinski definition) is 1. The fourth-order valence-electron chi connectivity index (χ4n) is 4.80. The first-order chi connectivity index (χ1) is 18.8. The fraction of sp³-hybridized carbons (Fsp3) is 0.467. The lowest BCUT2D eigenvalue weighted by Gasteiger charge is -2.33. The molecule has 3 aromatic rings. The van der Waals surface area contributed by atoms with E-state index in [-0.39, 0.29) is 25.7 Å². The minimum Gasteiger partial charge on any atom is -0.494 e. The zero-order valence-corrected chi connectivity index (χ0v) is 23.2. The van der Waals surface area contributed by atoms with Crippen LogP contribution in [0.15, 0.2) is 60.9 Å². The Morgan fingerprint density at radius 2 is 1.87 bits per heavy atom. The van der Waals surface area contributed by atoms with Crippen molar-refractivity contribution in [1.29, 1.82) is 0 Å². The fourth-order valence-corrected chi connectivity index (χ4v) is 4.80. The van der Waals surface area contributed by atoms with Gasteiger partial charge in [-0.1, -0.05) is 29.8 Å². The van der Waals surface area contributed by atoms with Gasteiger partial charge in [0, 0.05) is 52.2 Å². The van der Waals surface area contributed by atoms with Crippen molar-refractivity contribution in [3.8, 4) is 11.5 Å². The number of aryl methyl sites for hydroxylation is 3. The second-order valence-corrected chi connectivity index (χ2v) is 10.3. The van der Waals surface area contributed by atoms with Gasteiger partial charge in [0.2, 0.25) is 5.91 Å². The maximum Gasteiger partial charge on any atom is 0.248 e. The number of imidazole rings is 1. The van der Waals surface area contributed by atoms with E-state index in [1.165, 1.54) is 7.11 Å². The summed E-state index contributed by atoms with van der Waals surface area (Å²) in [4.78, 5) is 20.8. The molecule has 1 unspecified atom stereocenters. The quantitative estimate of drug-likeness (QED) is 0.356. The predicted molar refractivity (Wildman–Crippen MR) is 149 cm³/mol. The lowest BCUT2D eigenvalue weighted by Crippen LogP contribution is -2.52. The number of carbonyl (C=O) groups is 1. The maximum absolute atomic E-state index is 12.7. The number of carbonyl (C=O) groups excluding carboxylic acids is 1. The van der Waals surface area contributed by atoms with Gasteiger partial charge in [-0.05, 0) is 50.1 Å². The minimum atomic E-state index is -1.25. The highest BCUT2D eigenvalue weighted by atomic mass is 16.5. The monoisotopic (exact) mass is 536 g/mol. The number of aromatic nitrogens is 2. The SMILES string of the molecule is COCC(=O)N1CCN(Cc2cccc(OCCCn3ccnc3C)c2)CC(O)(COc2ccc(C)cc2)C1. The molecule has 0 radical (unpaired) electrons. The highest BCUT2D eigenvalue weighted by molar-refractivity contribution is 5.77. The van der Waals surface area contributed by atoms with Crippen LogP contribution in [0.1, 0.15) is 23.4 Å². The third-order valence-electron chi connectivity index (χ3n) is 6.88. The normalized spacial score (nSPS) is 18.1. The standard InChI is InChI=1S/C30H40N4O5/c1-24-8-10-27(11-9-24)39-23-30(36)21-32(15-16-34(22-30)29(35)20-37-3)19-26-6-4-7-28(18-26)38-17-5-13-33-14-12-31-25(33)2/h4,6-12,14,18,36H,5,13,15-17,19-23H2,1-3H3. The lowest BCUT2D eigenvalue weighted by molar-refractivity contribution is -0.138. The van der Waals surface area contributed by atoms with Crippen LogP contribution >= 0.6 is 0 Å². The van der Waals surface area contributed by atoms with Crippen LogP contribution in [0.3, 0.4) is 0 Å². The molecule has 1 aliphatic rings. The topological polar surface area (TPSA) is 89.3 Å². The van der Waals surface area contributed by atoms with Crippen LogP contribution in [0.25, 0.3) is 0 Å². The third-order valence-corrected chi connectivity index (χ3v) is 6.88. The average molecular weight is 537 g/mol. The van der Waals surface area contributed by atoms with Crippen molar-refractivity contribution >= 4 is 5.91 Å². The van der Waals surface area contributed by atoms with E-state index < -0.39 is 5.60 Å². The first kappa shape index (κ1) is 28.6. The molecule has 2 heterocycles. The van der Waals surface area contributed by atoms with E-state index in [1.807, 2.05) is 68.7 Å². The van der Waals surface area contributed by atoms with Gasteiger partial charge in [-0.2, -0.15) is 0 Å². The summed E-state index contributed by atoms with van der Waals surface area (Å²) < 4.78 is 19.2. The molecule has 210 valence electrons. The van der Waals surface area contributed by atoms with E-state index in [0.717, 1.165) is 35.7 Å². The number of aliphatic hydroxyl groups is 1. The molecule has 4 rings (SSSR count). The van der Waals surface area contributed by atoms with Gasteiger partial charge in [0.1, 0.15) is 36.1 Å². The number of ether oxygens (including phenoxy) is 3. The van der Waals surface area contributed by atoms with Crippen molar-refractivity contribution in [3.05, 3.63) is 77.9 Å². The summed E-state index contributed by atoms with van der Waals surface area (Å²) in [5, 5.41) is 11.7. The Morgan fingerprint density at radius 1 is 1.05 bits per heavy atom. The number of hydrogen-bond acceptors (Lipinski definition) is 7. The largest absolute Gasteiger partial charge is 0.494 e. The Hall–Kier alpha value is -3.40. The molecule has 0 spiro atoms. The van der Waals surface area contributed by atoms with Gasteiger partial charge in [-0.3, -0.25) is 9.69 Å². The molecular weight excluding hydrogens is 496 g/mol. The lowest BCUT2D eigenvalue weighted by atomic mass is 10.0. The number of β-amino-alcohol motifs (C(OH)–C–C–N with tert-alkyl or cyclic N) is 1. The Bertz CT molecular complexity index is 1200. The van der Waals surface area contributed by atoms with Crippen LogP contribution in [0.5, 0.6) is 11.5 Å². The van der Waals surface area contributed by atoms with Crippen LogP contribution < -0.4 is 9.47 Å². The second kappa shape index (κ2) is 13.6. The highest BCUT2D eigenvalue weighted by Gasteiger charge is 2.37.